The largest absolute Gasteiger partial charge is 0.330 e. The van der Waals surface area contributed by atoms with Crippen LogP contribution in [0.5, 0.6) is 0 Å². The monoisotopic (exact) mass is 393 g/mol. The van der Waals surface area contributed by atoms with Gasteiger partial charge in [-0.15, -0.1) is 0 Å². The van der Waals surface area contributed by atoms with Crippen molar-refractivity contribution in [3.63, 3.8) is 0 Å². The molecule has 2 spiro atoms. The van der Waals surface area contributed by atoms with Crippen molar-refractivity contribution < 1.29 is 0 Å². The van der Waals surface area contributed by atoms with E-state index in [1.807, 2.05) is 5.57 Å². The molecule has 6 rings (SSSR count). The molecule has 0 radical (unpaired) electrons. The SMILES string of the molecule is C=C1CC2(CCN)CCC3C(CCC4C56CCC(C)CC5CCC346)C2=C1C(C)C. The molecule has 1 heteroatoms. The third kappa shape index (κ3) is 2.08. The highest BCUT2D eigenvalue weighted by Gasteiger charge is 2.84. The maximum Gasteiger partial charge on any atom is -0.00269 e. The Morgan fingerprint density at radius 2 is 1.83 bits per heavy atom. The van der Waals surface area contributed by atoms with Gasteiger partial charge in [0, 0.05) is 0 Å². The van der Waals surface area contributed by atoms with Crippen LogP contribution in [0, 0.1) is 51.8 Å². The molecule has 5 fully saturated rings. The normalized spacial score (nSPS) is 52.7. The van der Waals surface area contributed by atoms with E-state index >= 15 is 0 Å². The van der Waals surface area contributed by atoms with E-state index in [1.54, 1.807) is 31.3 Å². The maximum atomic E-state index is 6.21. The molecule has 0 amide bonds. The Balaban J connectivity index is 1.43. The van der Waals surface area contributed by atoms with Crippen LogP contribution in [-0.2, 0) is 0 Å². The summed E-state index contributed by atoms with van der Waals surface area (Å²) < 4.78 is 0. The summed E-state index contributed by atoms with van der Waals surface area (Å²) in [6.45, 7) is 12.8. The Hall–Kier alpha value is -0.560. The van der Waals surface area contributed by atoms with Crippen LogP contribution < -0.4 is 5.73 Å². The van der Waals surface area contributed by atoms with Gasteiger partial charge in [-0.2, -0.15) is 0 Å². The van der Waals surface area contributed by atoms with Crippen LogP contribution in [0.2, 0.25) is 0 Å². The van der Waals surface area contributed by atoms with E-state index in [0.717, 1.165) is 47.0 Å². The number of rotatable bonds is 3. The van der Waals surface area contributed by atoms with E-state index in [1.165, 1.54) is 50.5 Å². The highest BCUT2D eigenvalue weighted by molar-refractivity contribution is 5.50. The summed E-state index contributed by atoms with van der Waals surface area (Å²) in [6, 6.07) is 0. The van der Waals surface area contributed by atoms with Gasteiger partial charge in [0.1, 0.15) is 0 Å². The van der Waals surface area contributed by atoms with Crippen LogP contribution >= 0.6 is 0 Å². The fraction of sp³-hybridized carbons (Fsp3) is 0.857. The van der Waals surface area contributed by atoms with Gasteiger partial charge < -0.3 is 5.73 Å². The molecule has 6 aliphatic carbocycles. The molecule has 0 bridgehead atoms. The molecule has 0 aromatic heterocycles. The highest BCUT2D eigenvalue weighted by atomic mass is 14.9. The first-order valence-corrected chi connectivity index (χ1v) is 13.0. The minimum Gasteiger partial charge on any atom is -0.330 e. The molecular weight excluding hydrogens is 350 g/mol. The van der Waals surface area contributed by atoms with E-state index < -0.39 is 0 Å². The zero-order valence-corrected chi connectivity index (χ0v) is 19.2. The molecule has 2 N–H and O–H groups in total. The van der Waals surface area contributed by atoms with E-state index in [9.17, 15) is 0 Å². The maximum absolute atomic E-state index is 6.21. The second-order valence-electron chi connectivity index (χ2n) is 12.7. The molecule has 0 heterocycles. The zero-order valence-electron chi connectivity index (χ0n) is 19.2. The molecular formula is C28H43N. The second kappa shape index (κ2) is 6.02. The molecule has 160 valence electrons. The van der Waals surface area contributed by atoms with Gasteiger partial charge in [0.2, 0.25) is 0 Å². The van der Waals surface area contributed by atoms with Gasteiger partial charge >= 0.3 is 0 Å². The Morgan fingerprint density at radius 1 is 1.03 bits per heavy atom. The van der Waals surface area contributed by atoms with E-state index in [4.69, 9.17) is 5.73 Å². The first-order valence-electron chi connectivity index (χ1n) is 13.0. The van der Waals surface area contributed by atoms with Gasteiger partial charge in [0.25, 0.3) is 0 Å². The van der Waals surface area contributed by atoms with E-state index in [0.29, 0.717) is 11.3 Å². The lowest BCUT2D eigenvalue weighted by molar-refractivity contribution is 0.0611. The molecule has 0 aliphatic heterocycles. The summed E-state index contributed by atoms with van der Waals surface area (Å²) in [4.78, 5) is 0. The Labute approximate surface area is 179 Å². The van der Waals surface area contributed by atoms with Crippen LogP contribution in [-0.4, -0.2) is 6.54 Å². The average Bonchev–Trinajstić information content (AvgIpc) is 2.92. The fourth-order valence-electron chi connectivity index (χ4n) is 11.2. The summed E-state index contributed by atoms with van der Waals surface area (Å²) >= 11 is 0. The van der Waals surface area contributed by atoms with Gasteiger partial charge in [-0.1, -0.05) is 44.9 Å². The Morgan fingerprint density at radius 3 is 2.59 bits per heavy atom. The predicted octanol–water partition coefficient (Wildman–Crippen LogP) is 6.89. The van der Waals surface area contributed by atoms with Crippen molar-refractivity contribution in [1.82, 2.24) is 0 Å². The summed E-state index contributed by atoms with van der Waals surface area (Å²) in [5.74, 6) is 5.63. The first-order chi connectivity index (χ1) is 13.9. The van der Waals surface area contributed by atoms with Crippen LogP contribution in [0.1, 0.15) is 91.4 Å². The molecule has 6 aliphatic rings. The van der Waals surface area contributed by atoms with Gasteiger partial charge in [-0.25, -0.2) is 0 Å². The van der Waals surface area contributed by atoms with Crippen LogP contribution in [0.3, 0.4) is 0 Å². The molecule has 0 aromatic carbocycles. The molecule has 0 aromatic rings. The minimum absolute atomic E-state index is 0.386. The second-order valence-corrected chi connectivity index (χ2v) is 12.7. The Bertz CT molecular complexity index is 775. The van der Waals surface area contributed by atoms with Gasteiger partial charge in [0.05, 0.1) is 0 Å². The quantitative estimate of drug-likeness (QED) is 0.555. The highest BCUT2D eigenvalue weighted by Crippen LogP contribution is 2.90. The number of nitrogens with two attached hydrogens (primary N) is 1. The zero-order chi connectivity index (χ0) is 20.2. The van der Waals surface area contributed by atoms with Crippen LogP contribution in [0.4, 0.5) is 0 Å². The number of allylic oxidation sites excluding steroid dienone is 3. The van der Waals surface area contributed by atoms with Crippen molar-refractivity contribution in [2.24, 2.45) is 57.5 Å². The number of fused-ring (bicyclic) bond motifs is 3. The van der Waals surface area contributed by atoms with E-state index in [-0.39, 0.29) is 0 Å². The lowest BCUT2D eigenvalue weighted by Gasteiger charge is -2.51. The van der Waals surface area contributed by atoms with Crippen molar-refractivity contribution in [2.75, 3.05) is 6.54 Å². The third-order valence-corrected chi connectivity index (χ3v) is 11.6. The number of hydrogen-bond donors (Lipinski definition) is 1. The topological polar surface area (TPSA) is 26.0 Å². The van der Waals surface area contributed by atoms with Crippen molar-refractivity contribution in [3.05, 3.63) is 23.3 Å². The van der Waals surface area contributed by atoms with Gasteiger partial charge in [-0.3, -0.25) is 0 Å². The molecule has 0 saturated heterocycles. The van der Waals surface area contributed by atoms with Crippen LogP contribution in [0.25, 0.3) is 0 Å². The molecule has 29 heavy (non-hydrogen) atoms. The average molecular weight is 394 g/mol. The minimum atomic E-state index is 0.386. The third-order valence-electron chi connectivity index (χ3n) is 11.6. The predicted molar refractivity (Wildman–Crippen MR) is 121 cm³/mol. The summed E-state index contributed by atoms with van der Waals surface area (Å²) in [6.07, 6.45) is 16.1. The molecule has 1 nitrogen and oxygen atoms in total. The van der Waals surface area contributed by atoms with Crippen molar-refractivity contribution in [2.45, 2.75) is 91.4 Å². The van der Waals surface area contributed by atoms with Gasteiger partial charge in [-0.05, 0) is 128 Å². The van der Waals surface area contributed by atoms with Crippen LogP contribution in [0.15, 0.2) is 23.3 Å². The van der Waals surface area contributed by atoms with Crippen molar-refractivity contribution in [3.8, 4) is 0 Å². The lowest BCUT2D eigenvalue weighted by atomic mass is 9.54. The smallest absolute Gasteiger partial charge is 0.00269 e. The molecule has 5 saturated carbocycles. The number of hydrogen-bond acceptors (Lipinski definition) is 1. The van der Waals surface area contributed by atoms with Crippen molar-refractivity contribution >= 4 is 0 Å². The summed E-state index contributed by atoms with van der Waals surface area (Å²) in [5, 5.41) is 0. The van der Waals surface area contributed by atoms with Crippen molar-refractivity contribution in [1.29, 1.82) is 0 Å². The standard InChI is InChI=1S/C28H43N/c1-17(2)24-19(4)16-26(13-14-29)10-9-22-21(25(24)26)5-6-23-27-11-7-18(3)15-20(27)8-12-28(22,23)27/h17-18,20-23H,4-16,29H2,1-3H3. The lowest BCUT2D eigenvalue weighted by Crippen LogP contribution is -2.42. The van der Waals surface area contributed by atoms with E-state index in [2.05, 4.69) is 27.4 Å². The molecule has 8 atom stereocenters. The first kappa shape index (κ1) is 19.1. The fourth-order valence-corrected chi connectivity index (χ4v) is 11.2. The summed E-state index contributed by atoms with van der Waals surface area (Å²) in [7, 11) is 0. The molecule has 8 unspecified atom stereocenters. The van der Waals surface area contributed by atoms with Gasteiger partial charge in [0.15, 0.2) is 0 Å². The Kier molecular flexibility index (Phi) is 3.98. The summed E-state index contributed by atoms with van der Waals surface area (Å²) in [5.41, 5.74) is 13.2.